The Bertz CT molecular complexity index is 1830. The van der Waals surface area contributed by atoms with E-state index in [2.05, 4.69) is 27.9 Å². The monoisotopic (exact) mass is 588 g/mol. The van der Waals surface area contributed by atoms with Gasteiger partial charge in [-0.2, -0.15) is 4.98 Å². The van der Waals surface area contributed by atoms with Crippen molar-refractivity contribution < 1.29 is 18.0 Å². The van der Waals surface area contributed by atoms with Gasteiger partial charge in [0.25, 0.3) is 5.91 Å². The molecule has 1 fully saturated rings. The fourth-order valence-corrected chi connectivity index (χ4v) is 6.75. The van der Waals surface area contributed by atoms with Gasteiger partial charge in [-0.1, -0.05) is 18.2 Å². The van der Waals surface area contributed by atoms with Crippen LogP contribution in [0.5, 0.6) is 0 Å². The third-order valence-corrected chi connectivity index (χ3v) is 9.41. The fourth-order valence-electron chi connectivity index (χ4n) is 5.87. The van der Waals surface area contributed by atoms with Crippen molar-refractivity contribution in [3.8, 4) is 5.69 Å². The first kappa shape index (κ1) is 28.0. The van der Waals surface area contributed by atoms with Crippen LogP contribution >= 0.6 is 0 Å². The average molecular weight is 589 g/mol. The number of amides is 1. The van der Waals surface area contributed by atoms with Crippen molar-refractivity contribution in [2.75, 3.05) is 31.8 Å². The second-order valence-corrected chi connectivity index (χ2v) is 12.8. The van der Waals surface area contributed by atoms with Gasteiger partial charge in [0.2, 0.25) is 21.4 Å². The molecule has 1 aliphatic carbocycles. The number of anilines is 2. The van der Waals surface area contributed by atoms with E-state index in [1.807, 2.05) is 30.3 Å². The second-order valence-electron chi connectivity index (χ2n) is 10.8. The van der Waals surface area contributed by atoms with Crippen LogP contribution in [0.1, 0.15) is 52.2 Å². The lowest BCUT2D eigenvalue weighted by Crippen LogP contribution is -2.37. The number of rotatable bonds is 7. The highest BCUT2D eigenvalue weighted by atomic mass is 32.2. The van der Waals surface area contributed by atoms with Crippen LogP contribution in [0.15, 0.2) is 59.7 Å². The summed E-state index contributed by atoms with van der Waals surface area (Å²) in [6.45, 7) is 1.05. The minimum Gasteiger partial charge on any atom is -0.324 e. The number of nitrogens with zero attached hydrogens (tertiary/aromatic N) is 4. The molecule has 1 saturated heterocycles. The molecule has 0 spiro atoms. The normalized spacial score (nSPS) is 16.0. The molecule has 2 aromatic carbocycles. The number of benzene rings is 2. The van der Waals surface area contributed by atoms with Gasteiger partial charge in [-0.05, 0) is 79.0 Å². The van der Waals surface area contributed by atoms with Gasteiger partial charge in [0, 0.05) is 36.9 Å². The van der Waals surface area contributed by atoms with Gasteiger partial charge in [0.1, 0.15) is 5.56 Å². The maximum absolute atomic E-state index is 13.3. The van der Waals surface area contributed by atoms with E-state index in [1.54, 1.807) is 4.57 Å². The maximum atomic E-state index is 13.3. The fraction of sp³-hybridized carbons (Fsp3) is 0.333. The Morgan fingerprint density at radius 2 is 1.79 bits per heavy atom. The van der Waals surface area contributed by atoms with Gasteiger partial charge in [0.05, 0.1) is 18.8 Å². The number of fused-ring (bicyclic) bond motifs is 2. The van der Waals surface area contributed by atoms with Gasteiger partial charge in [0.15, 0.2) is 5.65 Å². The summed E-state index contributed by atoms with van der Waals surface area (Å²) in [6, 6.07) is 14.1. The summed E-state index contributed by atoms with van der Waals surface area (Å²) in [5, 5.41) is 3.44. The van der Waals surface area contributed by atoms with Crippen LogP contribution in [0.3, 0.4) is 0 Å². The van der Waals surface area contributed by atoms with E-state index < -0.39 is 21.4 Å². The van der Waals surface area contributed by atoms with Gasteiger partial charge < -0.3 is 9.88 Å². The van der Waals surface area contributed by atoms with E-state index in [0.717, 1.165) is 49.0 Å². The number of hydroxylamine groups is 1. The number of aromatic nitrogens is 3. The molecular formula is C30H32N6O5S. The molecule has 0 radical (unpaired) electrons. The summed E-state index contributed by atoms with van der Waals surface area (Å²) in [7, 11) is -1.85. The van der Waals surface area contributed by atoms with E-state index >= 15 is 0 Å². The summed E-state index contributed by atoms with van der Waals surface area (Å²) in [5.41, 5.74) is 7.32. The van der Waals surface area contributed by atoms with Crippen molar-refractivity contribution >= 4 is 38.6 Å². The molecule has 4 aromatic rings. The Kier molecular flexibility index (Phi) is 7.52. The third kappa shape index (κ3) is 5.52. The summed E-state index contributed by atoms with van der Waals surface area (Å²) < 4.78 is 26.9. The minimum absolute atomic E-state index is 0.0767. The van der Waals surface area contributed by atoms with E-state index in [1.165, 1.54) is 41.2 Å². The molecule has 218 valence electrons. The first-order valence-electron chi connectivity index (χ1n) is 13.9. The number of piperidine rings is 1. The first-order chi connectivity index (χ1) is 20.2. The summed E-state index contributed by atoms with van der Waals surface area (Å²) in [6.07, 6.45) is 8.85. The van der Waals surface area contributed by atoms with Crippen molar-refractivity contribution in [2.45, 2.75) is 38.0 Å². The molecule has 6 rings (SSSR count). The molecule has 0 bridgehead atoms. The van der Waals surface area contributed by atoms with Gasteiger partial charge in [-0.15, -0.1) is 0 Å². The Hall–Kier alpha value is -4.13. The van der Waals surface area contributed by atoms with E-state index in [-0.39, 0.29) is 10.9 Å². The number of carbonyl (C=O) groups excluding carboxylic acids is 1. The molecule has 3 heterocycles. The van der Waals surface area contributed by atoms with Gasteiger partial charge >= 0.3 is 0 Å². The Balaban J connectivity index is 1.31. The van der Waals surface area contributed by atoms with E-state index in [9.17, 15) is 18.0 Å². The molecule has 1 amide bonds. The summed E-state index contributed by atoms with van der Waals surface area (Å²) >= 11 is 0. The van der Waals surface area contributed by atoms with Crippen molar-refractivity contribution in [1.82, 2.24) is 24.3 Å². The molecule has 0 atom stereocenters. The SMILES string of the molecule is CONC(=O)c1cn(-c2ccc3c(c2)CCC3)c2nc(Nc3ccc(C4CCN(S(C)(=O)=O)CC4)cc3)ncc2c1=O. The predicted molar refractivity (Wildman–Crippen MR) is 160 cm³/mol. The Morgan fingerprint density at radius 3 is 2.50 bits per heavy atom. The number of carbonyl (C=O) groups is 1. The van der Waals surface area contributed by atoms with Crippen LogP contribution in [0, 0.1) is 0 Å². The number of pyridine rings is 1. The van der Waals surface area contributed by atoms with Crippen LogP contribution < -0.4 is 16.2 Å². The van der Waals surface area contributed by atoms with Gasteiger partial charge in [-0.25, -0.2) is 23.2 Å². The highest BCUT2D eigenvalue weighted by molar-refractivity contribution is 7.88. The molecule has 0 saturated carbocycles. The molecule has 11 nitrogen and oxygen atoms in total. The smallest absolute Gasteiger partial charge is 0.280 e. The van der Waals surface area contributed by atoms with Crippen molar-refractivity contribution in [2.24, 2.45) is 0 Å². The quantitative estimate of drug-likeness (QED) is 0.314. The van der Waals surface area contributed by atoms with Gasteiger partial charge in [-0.3, -0.25) is 14.4 Å². The Labute approximate surface area is 243 Å². The molecule has 2 aliphatic rings. The van der Waals surface area contributed by atoms with Crippen LogP contribution in [0.4, 0.5) is 11.6 Å². The topological polar surface area (TPSA) is 136 Å². The van der Waals surface area contributed by atoms with Crippen LogP contribution in [0.2, 0.25) is 0 Å². The van der Waals surface area contributed by atoms with Crippen LogP contribution in [-0.2, 0) is 27.7 Å². The third-order valence-electron chi connectivity index (χ3n) is 8.11. The lowest BCUT2D eigenvalue weighted by Gasteiger charge is -2.30. The highest BCUT2D eigenvalue weighted by Crippen LogP contribution is 2.30. The lowest BCUT2D eigenvalue weighted by molar-refractivity contribution is 0.0536. The number of hydrogen-bond donors (Lipinski definition) is 2. The molecule has 2 aromatic heterocycles. The van der Waals surface area contributed by atoms with Crippen molar-refractivity contribution in [3.63, 3.8) is 0 Å². The molecule has 12 heteroatoms. The molecule has 2 N–H and O–H groups in total. The van der Waals surface area contributed by atoms with Crippen LogP contribution in [-0.4, -0.2) is 59.6 Å². The van der Waals surface area contributed by atoms with Crippen LogP contribution in [0.25, 0.3) is 16.7 Å². The highest BCUT2D eigenvalue weighted by Gasteiger charge is 2.26. The number of sulfonamides is 1. The molecule has 0 unspecified atom stereocenters. The van der Waals surface area contributed by atoms with Crippen molar-refractivity contribution in [3.05, 3.63) is 87.3 Å². The first-order valence-corrected chi connectivity index (χ1v) is 15.8. The molecular weight excluding hydrogens is 556 g/mol. The maximum Gasteiger partial charge on any atom is 0.280 e. The second kappa shape index (κ2) is 11.3. The largest absolute Gasteiger partial charge is 0.324 e. The van der Waals surface area contributed by atoms with E-state index in [0.29, 0.717) is 30.6 Å². The minimum atomic E-state index is -3.16. The number of hydrogen-bond acceptors (Lipinski definition) is 8. The average Bonchev–Trinajstić information content (AvgIpc) is 3.46. The summed E-state index contributed by atoms with van der Waals surface area (Å²) in [5.74, 6) is -0.0519. The van der Waals surface area contributed by atoms with Crippen molar-refractivity contribution in [1.29, 1.82) is 0 Å². The predicted octanol–water partition coefficient (Wildman–Crippen LogP) is 3.44. The zero-order chi connectivity index (χ0) is 29.4. The van der Waals surface area contributed by atoms with E-state index in [4.69, 9.17) is 9.82 Å². The Morgan fingerprint density at radius 1 is 1.05 bits per heavy atom. The zero-order valence-corrected chi connectivity index (χ0v) is 24.3. The lowest BCUT2D eigenvalue weighted by atomic mass is 9.90. The standard InChI is InChI=1S/C30H32N6O5S/c1-41-34-29(38)26-18-36(24-11-8-19-4-3-5-22(19)16-24)28-25(27(26)37)17-31-30(33-28)32-23-9-6-20(7-10-23)21-12-14-35(15-13-21)42(2,39)40/h6-11,16-18,21H,3-5,12-15H2,1-2H3,(H,34,38)(H,31,32,33). The zero-order valence-electron chi connectivity index (χ0n) is 23.5. The molecule has 1 aliphatic heterocycles. The number of aryl methyl sites for hydroxylation is 2. The molecule has 42 heavy (non-hydrogen) atoms. The summed E-state index contributed by atoms with van der Waals surface area (Å²) in [4.78, 5) is 39.8. The number of nitrogens with one attached hydrogen (secondary N) is 2.